The van der Waals surface area contributed by atoms with Gasteiger partial charge in [0.1, 0.15) is 5.69 Å². The van der Waals surface area contributed by atoms with Gasteiger partial charge in [-0.2, -0.15) is 11.8 Å². The Labute approximate surface area is 160 Å². The number of halogens is 3. The molecule has 0 saturated carbocycles. The van der Waals surface area contributed by atoms with Crippen LogP contribution in [0, 0.1) is 0 Å². The Kier molecular flexibility index (Phi) is 11.2. The first-order valence-corrected chi connectivity index (χ1v) is 8.51. The van der Waals surface area contributed by atoms with Gasteiger partial charge in [-0.3, -0.25) is 4.79 Å². The summed E-state index contributed by atoms with van der Waals surface area (Å²) in [6.07, 6.45) is 4.18. The first kappa shape index (κ1) is 22.7. The molecule has 0 aliphatic carbocycles. The minimum Gasteiger partial charge on any atom is -0.381 e. The standard InChI is InChI=1S/C14H22N4OS.3ClH/c19-14(18-5-7-20-8-6-18)13-9-12(10-16-13)17-11-1-3-15-4-2-11;;;/h9-11,15-17H,1-8H2;3*1H. The number of hydrogen-bond acceptors (Lipinski definition) is 4. The molecule has 5 nitrogen and oxygen atoms in total. The lowest BCUT2D eigenvalue weighted by molar-refractivity contribution is 0.0767. The van der Waals surface area contributed by atoms with Gasteiger partial charge >= 0.3 is 0 Å². The summed E-state index contributed by atoms with van der Waals surface area (Å²) in [6, 6.07) is 2.47. The zero-order valence-corrected chi connectivity index (χ0v) is 16.1. The van der Waals surface area contributed by atoms with Gasteiger partial charge in [0, 0.05) is 36.8 Å². The van der Waals surface area contributed by atoms with E-state index in [-0.39, 0.29) is 43.1 Å². The van der Waals surface area contributed by atoms with Crippen molar-refractivity contribution in [2.24, 2.45) is 0 Å². The fraction of sp³-hybridized carbons (Fsp3) is 0.643. The molecule has 134 valence electrons. The molecular weight excluding hydrogens is 379 g/mol. The summed E-state index contributed by atoms with van der Waals surface area (Å²) in [4.78, 5) is 17.4. The number of carbonyl (C=O) groups is 1. The molecule has 0 bridgehead atoms. The molecule has 0 spiro atoms. The fourth-order valence-electron chi connectivity index (χ4n) is 2.74. The summed E-state index contributed by atoms with van der Waals surface area (Å²) < 4.78 is 0. The Bertz CT molecular complexity index is 463. The molecule has 0 aromatic carbocycles. The van der Waals surface area contributed by atoms with Gasteiger partial charge in [0.25, 0.3) is 5.91 Å². The number of H-pyrrole nitrogens is 1. The molecule has 1 aromatic heterocycles. The number of nitrogens with zero attached hydrogens (tertiary/aromatic N) is 1. The summed E-state index contributed by atoms with van der Waals surface area (Å²) in [5, 5.41) is 6.87. The highest BCUT2D eigenvalue weighted by molar-refractivity contribution is 7.99. The van der Waals surface area contributed by atoms with Crippen molar-refractivity contribution in [3.63, 3.8) is 0 Å². The number of carbonyl (C=O) groups excluding carboxylic acids is 1. The van der Waals surface area contributed by atoms with Crippen LogP contribution >= 0.6 is 49.0 Å². The van der Waals surface area contributed by atoms with E-state index in [9.17, 15) is 4.79 Å². The molecule has 3 N–H and O–H groups in total. The highest BCUT2D eigenvalue weighted by atomic mass is 35.5. The van der Waals surface area contributed by atoms with Crippen LogP contribution in [-0.4, -0.2) is 59.5 Å². The Hall–Kier alpha value is -0.270. The molecule has 2 saturated heterocycles. The van der Waals surface area contributed by atoms with E-state index in [1.54, 1.807) is 0 Å². The van der Waals surface area contributed by atoms with E-state index in [0.29, 0.717) is 11.7 Å². The minimum atomic E-state index is 0. The molecule has 0 radical (unpaired) electrons. The molecule has 0 unspecified atom stereocenters. The SMILES string of the molecule is Cl.Cl.Cl.O=C(c1cc(NC2CCNCC2)c[nH]1)N1CCSCC1. The van der Waals surface area contributed by atoms with Crippen LogP contribution in [-0.2, 0) is 0 Å². The fourth-order valence-corrected chi connectivity index (χ4v) is 3.64. The topological polar surface area (TPSA) is 60.2 Å². The van der Waals surface area contributed by atoms with Crippen molar-refractivity contribution in [3.05, 3.63) is 18.0 Å². The van der Waals surface area contributed by atoms with Gasteiger partial charge in [-0.25, -0.2) is 0 Å². The molecule has 3 heterocycles. The normalized spacial score (nSPS) is 18.2. The van der Waals surface area contributed by atoms with Crippen LogP contribution in [0.25, 0.3) is 0 Å². The van der Waals surface area contributed by atoms with Gasteiger partial charge in [-0.05, 0) is 32.0 Å². The lowest BCUT2D eigenvalue weighted by atomic mass is 10.1. The van der Waals surface area contributed by atoms with Crippen LogP contribution in [0.5, 0.6) is 0 Å². The molecule has 9 heteroatoms. The molecule has 0 atom stereocenters. The zero-order valence-electron chi connectivity index (χ0n) is 12.9. The minimum absolute atomic E-state index is 0. The number of aromatic amines is 1. The quantitative estimate of drug-likeness (QED) is 0.726. The third-order valence-electron chi connectivity index (χ3n) is 3.92. The van der Waals surface area contributed by atoms with Gasteiger partial charge in [0.2, 0.25) is 0 Å². The summed E-state index contributed by atoms with van der Waals surface area (Å²) >= 11 is 1.92. The summed E-state index contributed by atoms with van der Waals surface area (Å²) in [5.41, 5.74) is 1.74. The number of amides is 1. The van der Waals surface area contributed by atoms with E-state index < -0.39 is 0 Å². The van der Waals surface area contributed by atoms with Gasteiger partial charge < -0.3 is 20.5 Å². The van der Waals surface area contributed by atoms with E-state index in [0.717, 1.165) is 56.2 Å². The van der Waals surface area contributed by atoms with E-state index in [1.165, 1.54) is 0 Å². The van der Waals surface area contributed by atoms with E-state index in [2.05, 4.69) is 15.6 Å². The van der Waals surface area contributed by atoms with Crippen molar-refractivity contribution in [3.8, 4) is 0 Å². The van der Waals surface area contributed by atoms with Crippen molar-refractivity contribution >= 4 is 60.6 Å². The number of thioether (sulfide) groups is 1. The number of nitrogens with one attached hydrogen (secondary N) is 3. The monoisotopic (exact) mass is 402 g/mol. The van der Waals surface area contributed by atoms with E-state index in [4.69, 9.17) is 0 Å². The molecular formula is C14H25Cl3N4OS. The summed E-state index contributed by atoms with van der Waals surface area (Å²) in [5.74, 6) is 2.22. The number of aromatic nitrogens is 1. The molecule has 2 aliphatic rings. The van der Waals surface area contributed by atoms with Crippen molar-refractivity contribution in [1.82, 2.24) is 15.2 Å². The van der Waals surface area contributed by atoms with Crippen LogP contribution in [0.3, 0.4) is 0 Å². The summed E-state index contributed by atoms with van der Waals surface area (Å²) in [7, 11) is 0. The second-order valence-corrected chi connectivity index (χ2v) is 6.60. The third-order valence-corrected chi connectivity index (χ3v) is 4.86. The zero-order chi connectivity index (χ0) is 13.8. The molecule has 1 aromatic rings. The Morgan fingerprint density at radius 2 is 1.83 bits per heavy atom. The highest BCUT2D eigenvalue weighted by Crippen LogP contribution is 2.17. The lowest BCUT2D eigenvalue weighted by Gasteiger charge is -2.26. The molecule has 23 heavy (non-hydrogen) atoms. The Morgan fingerprint density at radius 3 is 2.48 bits per heavy atom. The number of hydrogen-bond donors (Lipinski definition) is 3. The van der Waals surface area contributed by atoms with Crippen LogP contribution in [0.15, 0.2) is 12.3 Å². The van der Waals surface area contributed by atoms with Gasteiger partial charge in [-0.1, -0.05) is 0 Å². The highest BCUT2D eigenvalue weighted by Gasteiger charge is 2.20. The van der Waals surface area contributed by atoms with Crippen molar-refractivity contribution < 1.29 is 4.79 Å². The Morgan fingerprint density at radius 1 is 1.17 bits per heavy atom. The maximum atomic E-state index is 12.4. The largest absolute Gasteiger partial charge is 0.381 e. The first-order valence-electron chi connectivity index (χ1n) is 7.35. The number of piperidine rings is 1. The molecule has 3 rings (SSSR count). The Balaban J connectivity index is 0.00000161. The predicted octanol–water partition coefficient (Wildman–Crippen LogP) is 2.63. The number of anilines is 1. The number of rotatable bonds is 3. The van der Waals surface area contributed by atoms with Crippen molar-refractivity contribution in [2.75, 3.05) is 43.0 Å². The lowest BCUT2D eigenvalue weighted by Crippen LogP contribution is -2.38. The van der Waals surface area contributed by atoms with Gasteiger partial charge in [0.05, 0.1) is 5.69 Å². The first-order chi connectivity index (χ1) is 9.83. The van der Waals surface area contributed by atoms with Crippen molar-refractivity contribution in [2.45, 2.75) is 18.9 Å². The van der Waals surface area contributed by atoms with Crippen LogP contribution < -0.4 is 10.6 Å². The maximum absolute atomic E-state index is 12.4. The second kappa shape index (κ2) is 11.3. The van der Waals surface area contributed by atoms with E-state index in [1.807, 2.05) is 28.9 Å². The van der Waals surface area contributed by atoms with Crippen LogP contribution in [0.1, 0.15) is 23.3 Å². The third kappa shape index (κ3) is 6.27. The summed E-state index contributed by atoms with van der Waals surface area (Å²) in [6.45, 7) is 3.86. The van der Waals surface area contributed by atoms with Gasteiger partial charge in [-0.15, -0.1) is 37.2 Å². The van der Waals surface area contributed by atoms with Crippen LogP contribution in [0.4, 0.5) is 5.69 Å². The predicted molar refractivity (Wildman–Crippen MR) is 105 cm³/mol. The van der Waals surface area contributed by atoms with E-state index >= 15 is 0 Å². The second-order valence-electron chi connectivity index (χ2n) is 5.38. The van der Waals surface area contributed by atoms with Gasteiger partial charge in [0.15, 0.2) is 0 Å². The molecule has 2 fully saturated rings. The van der Waals surface area contributed by atoms with Crippen molar-refractivity contribution in [1.29, 1.82) is 0 Å². The van der Waals surface area contributed by atoms with Crippen LogP contribution in [0.2, 0.25) is 0 Å². The average Bonchev–Trinajstić information content (AvgIpc) is 2.97. The average molecular weight is 404 g/mol. The smallest absolute Gasteiger partial charge is 0.270 e. The molecule has 2 aliphatic heterocycles. The molecule has 1 amide bonds. The maximum Gasteiger partial charge on any atom is 0.270 e.